The Morgan fingerprint density at radius 1 is 1.14 bits per heavy atom. The number of nitrogens with zero attached hydrogens (tertiary/aromatic N) is 2. The average molecular weight is 407 g/mol. The van der Waals surface area contributed by atoms with Gasteiger partial charge in [0.1, 0.15) is 5.56 Å². The molecule has 0 saturated carbocycles. The van der Waals surface area contributed by atoms with E-state index in [9.17, 15) is 14.9 Å². The van der Waals surface area contributed by atoms with E-state index in [1.807, 2.05) is 0 Å². The van der Waals surface area contributed by atoms with Crippen LogP contribution in [0, 0.1) is 10.1 Å². The Morgan fingerprint density at radius 2 is 1.86 bits per heavy atom. The van der Waals surface area contributed by atoms with Gasteiger partial charge in [0.2, 0.25) is 11.5 Å². The largest absolute Gasteiger partial charge is 0.493 e. The number of carbonyl (C=O) groups is 1. The Labute approximate surface area is 166 Å². The highest BCUT2D eigenvalue weighted by atomic mass is 35.5. The highest BCUT2D eigenvalue weighted by Gasteiger charge is 2.35. The van der Waals surface area contributed by atoms with Crippen LogP contribution >= 0.6 is 11.6 Å². The fourth-order valence-electron chi connectivity index (χ4n) is 3.41. The summed E-state index contributed by atoms with van der Waals surface area (Å²) in [5, 5.41) is 12.4. The van der Waals surface area contributed by atoms with E-state index in [1.165, 1.54) is 32.3 Å². The van der Waals surface area contributed by atoms with Gasteiger partial charge in [-0.2, -0.15) is 0 Å². The zero-order chi connectivity index (χ0) is 20.4. The molecule has 2 aromatic carbocycles. The van der Waals surface area contributed by atoms with Gasteiger partial charge in [-0.3, -0.25) is 14.9 Å². The maximum Gasteiger partial charge on any atom is 0.327 e. The molecule has 0 aromatic heterocycles. The Kier molecular flexibility index (Phi) is 5.60. The molecule has 0 unspecified atom stereocenters. The molecule has 1 aliphatic rings. The Morgan fingerprint density at radius 3 is 2.46 bits per heavy atom. The number of fused-ring (bicyclic) bond motifs is 1. The molecule has 0 saturated heterocycles. The van der Waals surface area contributed by atoms with Crippen LogP contribution in [0.15, 0.2) is 24.3 Å². The van der Waals surface area contributed by atoms with Crippen LogP contribution in [-0.2, 0) is 6.42 Å². The molecule has 1 heterocycles. The number of aryl methyl sites for hydroxylation is 1. The third-order valence-electron chi connectivity index (χ3n) is 4.62. The number of carbonyl (C=O) groups excluding carboxylic acids is 1. The topological polar surface area (TPSA) is 91.1 Å². The number of anilines is 1. The molecule has 0 atom stereocenters. The molecule has 28 heavy (non-hydrogen) atoms. The van der Waals surface area contributed by atoms with E-state index in [-0.39, 0.29) is 22.8 Å². The summed E-state index contributed by atoms with van der Waals surface area (Å²) in [7, 11) is 4.00. The van der Waals surface area contributed by atoms with Crippen molar-refractivity contribution in [3.63, 3.8) is 0 Å². The second-order valence-electron chi connectivity index (χ2n) is 6.13. The van der Waals surface area contributed by atoms with Crippen LogP contribution in [0.5, 0.6) is 17.2 Å². The lowest BCUT2D eigenvalue weighted by Gasteiger charge is -2.30. The van der Waals surface area contributed by atoms with Crippen molar-refractivity contribution in [1.29, 1.82) is 0 Å². The number of nitro benzene ring substituents is 1. The van der Waals surface area contributed by atoms with Gasteiger partial charge in [-0.15, -0.1) is 0 Å². The Hall–Kier alpha value is -3.00. The molecular formula is C19H19ClN2O6. The second kappa shape index (κ2) is 7.93. The highest BCUT2D eigenvalue weighted by molar-refractivity contribution is 6.30. The first-order chi connectivity index (χ1) is 13.4. The molecule has 0 aliphatic carbocycles. The monoisotopic (exact) mass is 406 g/mol. The number of hydrogen-bond donors (Lipinski definition) is 0. The van der Waals surface area contributed by atoms with E-state index in [2.05, 4.69) is 0 Å². The van der Waals surface area contributed by atoms with Crippen LogP contribution in [0.3, 0.4) is 0 Å². The number of nitro groups is 1. The summed E-state index contributed by atoms with van der Waals surface area (Å²) < 4.78 is 15.7. The van der Waals surface area contributed by atoms with Crippen molar-refractivity contribution in [2.75, 3.05) is 32.8 Å². The number of methoxy groups -OCH3 is 3. The molecule has 0 N–H and O–H groups in total. The van der Waals surface area contributed by atoms with Crippen molar-refractivity contribution in [3.05, 3.63) is 50.5 Å². The third-order valence-corrected chi connectivity index (χ3v) is 4.86. The van der Waals surface area contributed by atoms with E-state index in [0.717, 1.165) is 18.4 Å². The van der Waals surface area contributed by atoms with Crippen LogP contribution in [0.4, 0.5) is 11.4 Å². The van der Waals surface area contributed by atoms with Gasteiger partial charge in [-0.05, 0) is 36.6 Å². The van der Waals surface area contributed by atoms with Gasteiger partial charge in [0, 0.05) is 23.3 Å². The normalized spacial score (nSPS) is 12.9. The number of hydrogen-bond acceptors (Lipinski definition) is 6. The molecule has 0 fully saturated rings. The summed E-state index contributed by atoms with van der Waals surface area (Å²) >= 11 is 6.06. The van der Waals surface area contributed by atoms with Crippen LogP contribution < -0.4 is 19.1 Å². The van der Waals surface area contributed by atoms with Crippen molar-refractivity contribution in [2.45, 2.75) is 12.8 Å². The lowest BCUT2D eigenvalue weighted by molar-refractivity contribution is -0.386. The molecular weight excluding hydrogens is 388 g/mol. The molecule has 0 radical (unpaired) electrons. The average Bonchev–Trinajstić information content (AvgIpc) is 2.70. The maximum atomic E-state index is 13.3. The van der Waals surface area contributed by atoms with Crippen LogP contribution in [-0.4, -0.2) is 38.7 Å². The fourth-order valence-corrected chi connectivity index (χ4v) is 3.60. The molecule has 3 rings (SSSR count). The van der Waals surface area contributed by atoms with E-state index < -0.39 is 16.5 Å². The third kappa shape index (κ3) is 3.31. The summed E-state index contributed by atoms with van der Waals surface area (Å²) in [6.45, 7) is 0.432. The van der Waals surface area contributed by atoms with Crippen LogP contribution in [0.2, 0.25) is 5.02 Å². The van der Waals surface area contributed by atoms with E-state index in [0.29, 0.717) is 17.3 Å². The van der Waals surface area contributed by atoms with Crippen molar-refractivity contribution in [2.24, 2.45) is 0 Å². The van der Waals surface area contributed by atoms with E-state index in [1.54, 1.807) is 18.2 Å². The number of rotatable bonds is 5. The summed E-state index contributed by atoms with van der Waals surface area (Å²) in [6.07, 6.45) is 1.49. The van der Waals surface area contributed by atoms with Gasteiger partial charge in [0.15, 0.2) is 5.75 Å². The summed E-state index contributed by atoms with van der Waals surface area (Å²) in [5.41, 5.74) is 0.999. The predicted molar refractivity (Wildman–Crippen MR) is 104 cm³/mol. The SMILES string of the molecule is COc1cc(C(=O)N2CCCc3cc(Cl)ccc32)c([N+](=O)[O-])c(OC)c1OC. The molecule has 0 spiro atoms. The molecule has 0 bridgehead atoms. The van der Waals surface area contributed by atoms with Gasteiger partial charge in [0.05, 0.1) is 26.3 Å². The number of benzene rings is 2. The van der Waals surface area contributed by atoms with Gasteiger partial charge < -0.3 is 19.1 Å². The van der Waals surface area contributed by atoms with Crippen LogP contribution in [0.1, 0.15) is 22.3 Å². The fraction of sp³-hybridized carbons (Fsp3) is 0.316. The molecule has 8 nitrogen and oxygen atoms in total. The number of ether oxygens (including phenoxy) is 3. The zero-order valence-corrected chi connectivity index (χ0v) is 16.4. The number of halogens is 1. The van der Waals surface area contributed by atoms with Crippen LogP contribution in [0.25, 0.3) is 0 Å². The molecule has 1 aliphatic heterocycles. The first kappa shape index (κ1) is 19.8. The van der Waals surface area contributed by atoms with E-state index in [4.69, 9.17) is 25.8 Å². The molecule has 2 aromatic rings. The van der Waals surface area contributed by atoms with Crippen molar-refractivity contribution in [3.8, 4) is 17.2 Å². The van der Waals surface area contributed by atoms with Gasteiger partial charge in [0.25, 0.3) is 5.91 Å². The van der Waals surface area contributed by atoms with Crippen molar-refractivity contribution < 1.29 is 23.9 Å². The van der Waals surface area contributed by atoms with Gasteiger partial charge in [-0.1, -0.05) is 11.6 Å². The van der Waals surface area contributed by atoms with Crippen molar-refractivity contribution >= 4 is 28.9 Å². The Balaban J connectivity index is 2.19. The quantitative estimate of drug-likeness (QED) is 0.553. The number of amides is 1. The van der Waals surface area contributed by atoms with E-state index >= 15 is 0 Å². The minimum Gasteiger partial charge on any atom is -0.493 e. The minimum absolute atomic E-state index is 0.0547. The first-order valence-electron chi connectivity index (χ1n) is 8.50. The smallest absolute Gasteiger partial charge is 0.327 e. The predicted octanol–water partition coefficient (Wildman–Crippen LogP) is 3.87. The highest BCUT2D eigenvalue weighted by Crippen LogP contribution is 2.47. The molecule has 148 valence electrons. The molecule has 9 heteroatoms. The van der Waals surface area contributed by atoms with Gasteiger partial charge >= 0.3 is 5.69 Å². The minimum atomic E-state index is -0.652. The van der Waals surface area contributed by atoms with Crippen molar-refractivity contribution in [1.82, 2.24) is 0 Å². The standard InChI is InChI=1S/C19H19ClN2O6/c1-26-15-10-13(16(22(24)25)18(28-3)17(15)27-2)19(23)21-8-4-5-11-9-12(20)6-7-14(11)21/h6-7,9-10H,4-5,8H2,1-3H3. The zero-order valence-electron chi connectivity index (χ0n) is 15.7. The lowest BCUT2D eigenvalue weighted by Crippen LogP contribution is -2.36. The second-order valence-corrected chi connectivity index (χ2v) is 6.57. The maximum absolute atomic E-state index is 13.3. The first-order valence-corrected chi connectivity index (χ1v) is 8.88. The summed E-state index contributed by atoms with van der Waals surface area (Å²) in [6, 6.07) is 6.56. The summed E-state index contributed by atoms with van der Waals surface area (Å²) in [4.78, 5) is 26.0. The molecule has 1 amide bonds. The summed E-state index contributed by atoms with van der Waals surface area (Å²) in [5.74, 6) is -0.460. The Bertz CT molecular complexity index is 947. The van der Waals surface area contributed by atoms with Gasteiger partial charge in [-0.25, -0.2) is 0 Å². The lowest BCUT2D eigenvalue weighted by atomic mass is 10.00.